The second-order valence-electron chi connectivity index (χ2n) is 12.7. The van der Waals surface area contributed by atoms with E-state index in [0.717, 1.165) is 7.05 Å². The number of morpholine rings is 1. The van der Waals surface area contributed by atoms with Gasteiger partial charge in [0.15, 0.2) is 5.75 Å². The molecule has 1 fully saturated rings. The van der Waals surface area contributed by atoms with Gasteiger partial charge >= 0.3 is 12.1 Å². The number of pyridine rings is 2. The third-order valence-corrected chi connectivity index (χ3v) is 9.63. The predicted molar refractivity (Wildman–Crippen MR) is 196 cm³/mol. The molecule has 0 radical (unpaired) electrons. The molecule has 17 heteroatoms. The molecule has 0 aliphatic carbocycles. The number of nitrogens with zero attached hydrogens (tertiary/aromatic N) is 4. The Labute approximate surface area is 310 Å². The van der Waals surface area contributed by atoms with Crippen molar-refractivity contribution < 1.29 is 42.2 Å². The lowest BCUT2D eigenvalue weighted by Crippen LogP contribution is -2.44. The number of nitrogens with one attached hydrogen (secondary N) is 2. The Morgan fingerprint density at radius 3 is 2.36 bits per heavy atom. The molecular formula is C36H35ClN6O9S. The number of fused-ring (bicyclic) bond motifs is 1. The molecule has 1 aliphatic rings. The summed E-state index contributed by atoms with van der Waals surface area (Å²) in [6, 6.07) is 14.6. The van der Waals surface area contributed by atoms with Crippen LogP contribution in [0.25, 0.3) is 22.2 Å². The standard InChI is InChI=1S/C36H35ClN6O9S/c1-36(2,3)52-35(48)41-40-33(46)26-18-29(39-30-19-31(38-20-27(26)30)42(4)53(49,50)21-32(44)45)24-9-6-22(7-10-24)5-8-23-11-12-25(17-28(23)37)34(47)43-13-15-51-16-14-43/h6-7,9-12,17-20H,13-16,21H2,1-4H3,(H,40,46)(H,41,48)(H,44,45). The highest BCUT2D eigenvalue weighted by Crippen LogP contribution is 2.28. The molecule has 0 unspecified atom stereocenters. The maximum absolute atomic E-state index is 13.4. The lowest BCUT2D eigenvalue weighted by Gasteiger charge is -2.26. The van der Waals surface area contributed by atoms with Gasteiger partial charge in [-0.2, -0.15) is 0 Å². The lowest BCUT2D eigenvalue weighted by atomic mass is 10.0. The maximum Gasteiger partial charge on any atom is 0.426 e. The van der Waals surface area contributed by atoms with E-state index in [4.69, 9.17) is 26.2 Å². The van der Waals surface area contributed by atoms with Gasteiger partial charge in [-0.1, -0.05) is 35.6 Å². The topological polar surface area (TPSA) is 197 Å². The number of ether oxygens (including phenoxy) is 2. The lowest BCUT2D eigenvalue weighted by molar-refractivity contribution is -0.134. The van der Waals surface area contributed by atoms with Gasteiger partial charge in [-0.3, -0.25) is 24.1 Å². The molecule has 1 saturated heterocycles. The van der Waals surface area contributed by atoms with E-state index in [1.165, 1.54) is 18.3 Å². The van der Waals surface area contributed by atoms with Crippen LogP contribution in [-0.4, -0.2) is 97.0 Å². The molecule has 5 rings (SSSR count). The molecular weight excluding hydrogens is 728 g/mol. The summed E-state index contributed by atoms with van der Waals surface area (Å²) in [5.74, 6) is 2.35. The van der Waals surface area contributed by atoms with E-state index in [1.54, 1.807) is 68.1 Å². The van der Waals surface area contributed by atoms with Crippen molar-refractivity contribution in [2.75, 3.05) is 43.4 Å². The van der Waals surface area contributed by atoms with E-state index in [9.17, 15) is 27.6 Å². The highest BCUT2D eigenvalue weighted by atomic mass is 35.5. The number of carbonyl (C=O) groups excluding carboxylic acids is 3. The number of amides is 3. The van der Waals surface area contributed by atoms with Crippen LogP contribution < -0.4 is 15.2 Å². The van der Waals surface area contributed by atoms with Crippen LogP contribution in [0.4, 0.5) is 10.6 Å². The molecule has 4 aromatic rings. The van der Waals surface area contributed by atoms with E-state index >= 15 is 0 Å². The van der Waals surface area contributed by atoms with Crippen molar-refractivity contribution in [2.45, 2.75) is 26.4 Å². The fraction of sp³-hybridized carbons (Fsp3) is 0.278. The summed E-state index contributed by atoms with van der Waals surface area (Å²) in [5, 5.41) is 9.61. The number of hydrazine groups is 1. The Morgan fingerprint density at radius 1 is 1.02 bits per heavy atom. The molecule has 2 aromatic heterocycles. The SMILES string of the molecule is CN(c1cc2nc(-c3ccc(C#Cc4ccc(C(=O)N5CCOCC5)cc4Cl)cc3)cc(C(=O)NNC(=O)OC(C)(C)C)c2cn1)S(=O)(=O)CC(=O)O. The maximum atomic E-state index is 13.4. The van der Waals surface area contributed by atoms with Gasteiger partial charge in [0.2, 0.25) is 10.0 Å². The number of carbonyl (C=O) groups is 4. The largest absolute Gasteiger partial charge is 0.480 e. The van der Waals surface area contributed by atoms with Gasteiger partial charge in [-0.15, -0.1) is 0 Å². The second kappa shape index (κ2) is 15.9. The smallest absolute Gasteiger partial charge is 0.426 e. The molecule has 3 amide bonds. The highest BCUT2D eigenvalue weighted by Gasteiger charge is 2.25. The monoisotopic (exact) mass is 762 g/mol. The van der Waals surface area contributed by atoms with Crippen molar-refractivity contribution in [1.82, 2.24) is 25.7 Å². The predicted octanol–water partition coefficient (Wildman–Crippen LogP) is 3.84. The zero-order valence-corrected chi connectivity index (χ0v) is 30.7. The minimum atomic E-state index is -4.29. The van der Waals surface area contributed by atoms with Crippen molar-refractivity contribution in [3.8, 4) is 23.1 Å². The average Bonchev–Trinajstić information content (AvgIpc) is 3.11. The normalized spacial score (nSPS) is 13.0. The first-order valence-corrected chi connectivity index (χ1v) is 18.1. The Kier molecular flexibility index (Phi) is 11.5. The molecule has 0 saturated carbocycles. The van der Waals surface area contributed by atoms with Crippen molar-refractivity contribution >= 4 is 62.2 Å². The van der Waals surface area contributed by atoms with E-state index in [1.807, 2.05) is 0 Å². The number of aromatic nitrogens is 2. The van der Waals surface area contributed by atoms with Gasteiger partial charge in [0, 0.05) is 60.0 Å². The molecule has 53 heavy (non-hydrogen) atoms. The molecule has 0 bridgehead atoms. The fourth-order valence-electron chi connectivity index (χ4n) is 5.06. The first-order chi connectivity index (χ1) is 25.0. The van der Waals surface area contributed by atoms with Gasteiger partial charge < -0.3 is 19.5 Å². The van der Waals surface area contributed by atoms with Gasteiger partial charge in [-0.25, -0.2) is 28.6 Å². The number of anilines is 1. The molecule has 0 atom stereocenters. The van der Waals surface area contributed by atoms with E-state index in [0.29, 0.717) is 63.6 Å². The number of halogens is 1. The quantitative estimate of drug-likeness (QED) is 0.183. The van der Waals surface area contributed by atoms with Crippen LogP contribution in [0.15, 0.2) is 60.8 Å². The second-order valence-corrected chi connectivity index (χ2v) is 15.1. The summed E-state index contributed by atoms with van der Waals surface area (Å²) in [6.45, 7) is 6.98. The number of sulfonamides is 1. The number of benzene rings is 2. The van der Waals surface area contributed by atoms with Gasteiger partial charge in [0.25, 0.3) is 11.8 Å². The first kappa shape index (κ1) is 38.5. The number of carboxylic acid groups (broad SMARTS) is 1. The Hall–Kier alpha value is -5.76. The number of aliphatic carboxylic acids is 1. The van der Waals surface area contributed by atoms with Crippen LogP contribution in [0.2, 0.25) is 5.02 Å². The highest BCUT2D eigenvalue weighted by molar-refractivity contribution is 7.93. The summed E-state index contributed by atoms with van der Waals surface area (Å²) in [5.41, 5.74) is 6.33. The number of hydrogen-bond acceptors (Lipinski definition) is 10. The molecule has 2 aromatic carbocycles. The van der Waals surface area contributed by atoms with Crippen molar-refractivity contribution in [3.63, 3.8) is 0 Å². The van der Waals surface area contributed by atoms with Crippen LogP contribution in [0.5, 0.6) is 0 Å². The zero-order valence-electron chi connectivity index (χ0n) is 29.1. The summed E-state index contributed by atoms with van der Waals surface area (Å²) >= 11 is 6.48. The van der Waals surface area contributed by atoms with Crippen LogP contribution in [0.1, 0.15) is 52.6 Å². The van der Waals surface area contributed by atoms with Crippen molar-refractivity contribution in [3.05, 3.63) is 88.1 Å². The number of rotatable bonds is 7. The van der Waals surface area contributed by atoms with Crippen LogP contribution in [0.3, 0.4) is 0 Å². The Morgan fingerprint density at radius 2 is 1.72 bits per heavy atom. The third kappa shape index (κ3) is 9.77. The van der Waals surface area contributed by atoms with Gasteiger partial charge in [0.1, 0.15) is 11.4 Å². The van der Waals surface area contributed by atoms with Crippen molar-refractivity contribution in [2.24, 2.45) is 0 Å². The van der Waals surface area contributed by atoms with Gasteiger partial charge in [0.05, 0.1) is 35.0 Å². The molecule has 15 nitrogen and oxygen atoms in total. The minimum absolute atomic E-state index is 0.0326. The minimum Gasteiger partial charge on any atom is -0.480 e. The summed E-state index contributed by atoms with van der Waals surface area (Å²) in [4.78, 5) is 60.1. The van der Waals surface area contributed by atoms with Crippen LogP contribution in [0, 0.1) is 11.8 Å². The number of carboxylic acids is 1. The Bertz CT molecular complexity index is 2260. The van der Waals surface area contributed by atoms with E-state index in [2.05, 4.69) is 32.7 Å². The van der Waals surface area contributed by atoms with Crippen molar-refractivity contribution in [1.29, 1.82) is 0 Å². The summed E-state index contributed by atoms with van der Waals surface area (Å²) < 4.78 is 36.4. The first-order valence-electron chi connectivity index (χ1n) is 16.1. The summed E-state index contributed by atoms with van der Waals surface area (Å²) in [7, 11) is -3.13. The molecule has 1 aliphatic heterocycles. The Balaban J connectivity index is 1.44. The third-order valence-electron chi connectivity index (χ3n) is 7.68. The average molecular weight is 763 g/mol. The molecule has 276 valence electrons. The molecule has 3 heterocycles. The van der Waals surface area contributed by atoms with E-state index in [-0.39, 0.29) is 28.2 Å². The zero-order chi connectivity index (χ0) is 38.5. The molecule has 3 N–H and O–H groups in total. The summed E-state index contributed by atoms with van der Waals surface area (Å²) in [6.07, 6.45) is 0.330. The van der Waals surface area contributed by atoms with E-state index < -0.39 is 39.3 Å². The number of hydrogen-bond donors (Lipinski definition) is 3. The van der Waals surface area contributed by atoms with Crippen LogP contribution in [-0.2, 0) is 24.3 Å². The molecule has 0 spiro atoms. The van der Waals surface area contributed by atoms with Gasteiger partial charge in [-0.05, 0) is 57.2 Å². The van der Waals surface area contributed by atoms with Crippen LogP contribution >= 0.6 is 11.6 Å². The fourth-order valence-corrected chi connectivity index (χ4v) is 6.17.